The molecule has 0 spiro atoms. The number of carbonyl (C=O) groups excluding carboxylic acids is 1. The number of carbonyl (C=O) groups is 2. The molecule has 0 aliphatic heterocycles. The highest BCUT2D eigenvalue weighted by Crippen LogP contribution is 2.28. The molecule has 1 aromatic rings. The number of anilines is 1. The first-order valence-corrected chi connectivity index (χ1v) is 6.77. The van der Waals surface area contributed by atoms with E-state index in [-0.39, 0.29) is 25.5 Å². The monoisotopic (exact) mass is 319 g/mol. The molecule has 0 amide bonds. The standard InChI is InChI=1S/C13H15Cl2NO4/c1-2-20-13(19)5-6-16(8-12(17)18)11-4-3-9(14)7-10(11)15/h3-4,7H,2,5-6,8H2,1H3,(H,17,18). The summed E-state index contributed by atoms with van der Waals surface area (Å²) in [6.07, 6.45) is 0.0834. The number of esters is 1. The van der Waals surface area contributed by atoms with Gasteiger partial charge in [-0.3, -0.25) is 9.59 Å². The van der Waals surface area contributed by atoms with Crippen LogP contribution < -0.4 is 4.90 Å². The zero-order chi connectivity index (χ0) is 15.1. The van der Waals surface area contributed by atoms with Crippen LogP contribution in [0.25, 0.3) is 0 Å². The average Bonchev–Trinajstić information content (AvgIpc) is 2.35. The second-order valence-corrected chi connectivity index (χ2v) is 4.81. The summed E-state index contributed by atoms with van der Waals surface area (Å²) in [5.74, 6) is -1.40. The van der Waals surface area contributed by atoms with Crippen molar-refractivity contribution in [2.24, 2.45) is 0 Å². The minimum Gasteiger partial charge on any atom is -0.480 e. The topological polar surface area (TPSA) is 66.8 Å². The number of hydrogen-bond donors (Lipinski definition) is 1. The Morgan fingerprint density at radius 1 is 1.35 bits per heavy atom. The van der Waals surface area contributed by atoms with E-state index in [1.54, 1.807) is 19.1 Å². The molecule has 110 valence electrons. The molecule has 0 fully saturated rings. The highest BCUT2D eigenvalue weighted by atomic mass is 35.5. The van der Waals surface area contributed by atoms with Crippen molar-refractivity contribution < 1.29 is 19.4 Å². The van der Waals surface area contributed by atoms with Crippen molar-refractivity contribution in [2.75, 3.05) is 24.6 Å². The van der Waals surface area contributed by atoms with E-state index in [0.717, 1.165) is 0 Å². The van der Waals surface area contributed by atoms with Crippen molar-refractivity contribution in [1.29, 1.82) is 0 Å². The first-order valence-electron chi connectivity index (χ1n) is 6.01. The van der Waals surface area contributed by atoms with Gasteiger partial charge in [-0.25, -0.2) is 0 Å². The fraction of sp³-hybridized carbons (Fsp3) is 0.385. The molecule has 0 aliphatic carbocycles. The van der Waals surface area contributed by atoms with Crippen molar-refractivity contribution in [3.8, 4) is 0 Å². The minimum absolute atomic E-state index is 0.0834. The Bertz CT molecular complexity index is 493. The molecule has 7 heteroatoms. The first kappa shape index (κ1) is 16.6. The molecule has 0 saturated heterocycles. The molecule has 1 N–H and O–H groups in total. The van der Waals surface area contributed by atoms with Gasteiger partial charge >= 0.3 is 11.9 Å². The molecule has 0 atom stereocenters. The predicted octanol–water partition coefficient (Wildman–Crippen LogP) is 2.84. The van der Waals surface area contributed by atoms with E-state index in [1.165, 1.54) is 11.0 Å². The van der Waals surface area contributed by atoms with Gasteiger partial charge in [-0.2, -0.15) is 0 Å². The number of carboxylic acids is 1. The third-order valence-electron chi connectivity index (χ3n) is 2.47. The van der Waals surface area contributed by atoms with Crippen LogP contribution >= 0.6 is 23.2 Å². The van der Waals surface area contributed by atoms with Crippen LogP contribution in [0.4, 0.5) is 5.69 Å². The van der Waals surface area contributed by atoms with Crippen molar-refractivity contribution in [3.05, 3.63) is 28.2 Å². The molecule has 0 saturated carbocycles. The average molecular weight is 320 g/mol. The van der Waals surface area contributed by atoms with E-state index in [4.69, 9.17) is 33.0 Å². The van der Waals surface area contributed by atoms with Crippen LogP contribution in [0.3, 0.4) is 0 Å². The van der Waals surface area contributed by atoms with Crippen molar-refractivity contribution in [2.45, 2.75) is 13.3 Å². The number of ether oxygens (including phenoxy) is 1. The predicted molar refractivity (Wildman–Crippen MR) is 77.6 cm³/mol. The van der Waals surface area contributed by atoms with Gasteiger partial charge in [0.2, 0.25) is 0 Å². The van der Waals surface area contributed by atoms with Gasteiger partial charge in [-0.1, -0.05) is 23.2 Å². The Labute approximate surface area is 127 Å². The van der Waals surface area contributed by atoms with E-state index in [0.29, 0.717) is 22.3 Å². The van der Waals surface area contributed by atoms with Gasteiger partial charge in [0.25, 0.3) is 0 Å². The molecule has 1 rings (SSSR count). The summed E-state index contributed by atoms with van der Waals surface area (Å²) in [4.78, 5) is 23.8. The van der Waals surface area contributed by atoms with Crippen LogP contribution in [0.1, 0.15) is 13.3 Å². The lowest BCUT2D eigenvalue weighted by Gasteiger charge is -2.23. The Kier molecular flexibility index (Phi) is 6.61. The highest BCUT2D eigenvalue weighted by molar-refractivity contribution is 6.36. The number of halogens is 2. The Morgan fingerprint density at radius 2 is 2.05 bits per heavy atom. The fourth-order valence-electron chi connectivity index (χ4n) is 1.65. The molecular weight excluding hydrogens is 305 g/mol. The largest absolute Gasteiger partial charge is 0.480 e. The summed E-state index contributed by atoms with van der Waals surface area (Å²) in [6, 6.07) is 4.76. The Balaban J connectivity index is 2.83. The van der Waals surface area contributed by atoms with E-state index in [2.05, 4.69) is 0 Å². The van der Waals surface area contributed by atoms with Crippen molar-refractivity contribution in [1.82, 2.24) is 0 Å². The first-order chi connectivity index (χ1) is 9.43. The fourth-order valence-corrected chi connectivity index (χ4v) is 2.17. The molecule has 0 radical (unpaired) electrons. The van der Waals surface area contributed by atoms with Gasteiger partial charge in [-0.15, -0.1) is 0 Å². The molecule has 0 unspecified atom stereocenters. The maximum atomic E-state index is 11.4. The summed E-state index contributed by atoms with van der Waals surface area (Å²) in [5.41, 5.74) is 0.516. The number of hydrogen-bond acceptors (Lipinski definition) is 4. The van der Waals surface area contributed by atoms with Gasteiger partial charge < -0.3 is 14.7 Å². The van der Waals surface area contributed by atoms with Gasteiger partial charge in [0.1, 0.15) is 6.54 Å². The third-order valence-corrected chi connectivity index (χ3v) is 3.01. The number of aliphatic carboxylic acids is 1. The molecule has 1 aromatic carbocycles. The van der Waals surface area contributed by atoms with Gasteiger partial charge in [-0.05, 0) is 25.1 Å². The molecule has 0 bridgehead atoms. The zero-order valence-electron chi connectivity index (χ0n) is 10.9. The normalized spacial score (nSPS) is 10.2. The van der Waals surface area contributed by atoms with Crippen LogP contribution in [-0.2, 0) is 14.3 Å². The Hall–Kier alpha value is -1.46. The van der Waals surface area contributed by atoms with Gasteiger partial charge in [0.15, 0.2) is 0 Å². The number of rotatable bonds is 7. The maximum Gasteiger partial charge on any atom is 0.323 e. The van der Waals surface area contributed by atoms with Crippen LogP contribution in [0.15, 0.2) is 18.2 Å². The third kappa shape index (κ3) is 5.27. The van der Waals surface area contributed by atoms with Gasteiger partial charge in [0.05, 0.1) is 23.7 Å². The van der Waals surface area contributed by atoms with Crippen LogP contribution in [-0.4, -0.2) is 36.7 Å². The summed E-state index contributed by atoms with van der Waals surface area (Å²) in [7, 11) is 0. The van der Waals surface area contributed by atoms with Gasteiger partial charge in [0, 0.05) is 11.6 Å². The molecule has 0 aliphatic rings. The minimum atomic E-state index is -1.01. The number of nitrogens with zero attached hydrogens (tertiary/aromatic N) is 1. The van der Waals surface area contributed by atoms with Crippen LogP contribution in [0, 0.1) is 0 Å². The van der Waals surface area contributed by atoms with E-state index in [1.807, 2.05) is 0 Å². The molecule has 0 heterocycles. The van der Waals surface area contributed by atoms with E-state index < -0.39 is 5.97 Å². The SMILES string of the molecule is CCOC(=O)CCN(CC(=O)O)c1ccc(Cl)cc1Cl. The highest BCUT2D eigenvalue weighted by Gasteiger charge is 2.16. The lowest BCUT2D eigenvalue weighted by molar-refractivity contribution is -0.143. The smallest absolute Gasteiger partial charge is 0.323 e. The number of carboxylic acid groups (broad SMARTS) is 1. The summed E-state index contributed by atoms with van der Waals surface area (Å²) >= 11 is 11.9. The van der Waals surface area contributed by atoms with Crippen molar-refractivity contribution >= 4 is 40.8 Å². The lowest BCUT2D eigenvalue weighted by atomic mass is 10.2. The van der Waals surface area contributed by atoms with Crippen molar-refractivity contribution in [3.63, 3.8) is 0 Å². The van der Waals surface area contributed by atoms with Crippen LogP contribution in [0.2, 0.25) is 10.0 Å². The number of benzene rings is 1. The maximum absolute atomic E-state index is 11.4. The summed E-state index contributed by atoms with van der Waals surface area (Å²) in [5, 5.41) is 9.73. The molecule has 0 aromatic heterocycles. The second kappa shape index (κ2) is 7.97. The molecular formula is C13H15Cl2NO4. The van der Waals surface area contributed by atoms with E-state index in [9.17, 15) is 9.59 Å². The summed E-state index contributed by atoms with van der Waals surface area (Å²) < 4.78 is 4.82. The molecule has 5 nitrogen and oxygen atoms in total. The quantitative estimate of drug-likeness (QED) is 0.783. The Morgan fingerprint density at radius 3 is 2.60 bits per heavy atom. The zero-order valence-corrected chi connectivity index (χ0v) is 12.4. The van der Waals surface area contributed by atoms with Crippen LogP contribution in [0.5, 0.6) is 0 Å². The van der Waals surface area contributed by atoms with E-state index >= 15 is 0 Å². The summed E-state index contributed by atoms with van der Waals surface area (Å²) in [6.45, 7) is 1.94. The second-order valence-electron chi connectivity index (χ2n) is 3.97. The molecule has 20 heavy (non-hydrogen) atoms. The lowest BCUT2D eigenvalue weighted by Crippen LogP contribution is -2.32.